The topological polar surface area (TPSA) is 58.6 Å². The highest BCUT2D eigenvalue weighted by molar-refractivity contribution is 5.85. The summed E-state index contributed by atoms with van der Waals surface area (Å²) >= 11 is 0. The molecule has 0 spiro atoms. The Labute approximate surface area is 171 Å². The predicted molar refractivity (Wildman–Crippen MR) is 112 cm³/mol. The molecule has 7 heteroatoms. The third-order valence-corrected chi connectivity index (χ3v) is 5.22. The smallest absolute Gasteiger partial charge is 0.226 e. The molecule has 1 aromatic heterocycles. The van der Waals surface area contributed by atoms with Crippen LogP contribution in [0.15, 0.2) is 30.5 Å². The number of carbonyl (C=O) groups excluding carboxylic acids is 1. The number of ether oxygens (including phenoxy) is 1. The minimum atomic E-state index is -0.425. The molecule has 1 aromatic carbocycles. The van der Waals surface area contributed by atoms with E-state index in [0.717, 1.165) is 24.2 Å². The van der Waals surface area contributed by atoms with Gasteiger partial charge >= 0.3 is 0 Å². The second kappa shape index (κ2) is 9.20. The van der Waals surface area contributed by atoms with Gasteiger partial charge in [0.15, 0.2) is 11.6 Å². The van der Waals surface area contributed by atoms with Gasteiger partial charge in [0.1, 0.15) is 17.6 Å². The van der Waals surface area contributed by atoms with Gasteiger partial charge in [-0.25, -0.2) is 9.37 Å². The highest BCUT2D eigenvalue weighted by Gasteiger charge is 2.27. The molecule has 0 saturated carbocycles. The first-order valence-electron chi connectivity index (χ1n) is 10.1. The molecule has 1 saturated heterocycles. The van der Waals surface area contributed by atoms with Crippen LogP contribution in [0.3, 0.4) is 0 Å². The number of aromatic nitrogens is 2. The van der Waals surface area contributed by atoms with Gasteiger partial charge in [-0.2, -0.15) is 4.98 Å². The third kappa shape index (κ3) is 5.02. The van der Waals surface area contributed by atoms with Gasteiger partial charge in [-0.15, -0.1) is 0 Å². The van der Waals surface area contributed by atoms with Crippen LogP contribution in [-0.4, -0.2) is 49.0 Å². The molecule has 0 N–H and O–H groups in total. The molecule has 1 aliphatic heterocycles. The average molecular weight is 400 g/mol. The second-order valence-electron chi connectivity index (χ2n) is 7.72. The zero-order valence-corrected chi connectivity index (χ0v) is 17.6. The molecule has 6 nitrogen and oxygen atoms in total. The molecule has 156 valence electrons. The average Bonchev–Trinajstić information content (AvgIpc) is 3.16. The lowest BCUT2D eigenvalue weighted by Crippen LogP contribution is -2.27. The maximum atomic E-state index is 14.2. The monoisotopic (exact) mass is 400 g/mol. The van der Waals surface area contributed by atoms with Crippen LogP contribution in [0.2, 0.25) is 0 Å². The SMILES string of the molecule is CCCC(=O)C(C)c1ccc(OC2CCN(c3nc(N(C)C)ncc3F)C2)cc1. The van der Waals surface area contributed by atoms with Gasteiger partial charge < -0.3 is 14.5 Å². The van der Waals surface area contributed by atoms with Gasteiger partial charge in [-0.05, 0) is 24.1 Å². The first-order chi connectivity index (χ1) is 13.9. The fourth-order valence-electron chi connectivity index (χ4n) is 3.48. The highest BCUT2D eigenvalue weighted by Crippen LogP contribution is 2.27. The third-order valence-electron chi connectivity index (χ3n) is 5.22. The molecule has 2 unspecified atom stereocenters. The van der Waals surface area contributed by atoms with Gasteiger partial charge in [-0.1, -0.05) is 26.0 Å². The van der Waals surface area contributed by atoms with Gasteiger partial charge in [0.2, 0.25) is 5.95 Å². The summed E-state index contributed by atoms with van der Waals surface area (Å²) in [4.78, 5) is 24.1. The van der Waals surface area contributed by atoms with E-state index in [1.165, 1.54) is 6.20 Å². The fraction of sp³-hybridized carbons (Fsp3) is 0.500. The van der Waals surface area contributed by atoms with Crippen LogP contribution in [0, 0.1) is 5.82 Å². The van der Waals surface area contributed by atoms with E-state index in [4.69, 9.17) is 4.74 Å². The molecule has 0 aliphatic carbocycles. The summed E-state index contributed by atoms with van der Waals surface area (Å²) in [5.74, 6) is 1.29. The number of rotatable bonds is 8. The van der Waals surface area contributed by atoms with Crippen molar-refractivity contribution in [1.82, 2.24) is 9.97 Å². The van der Waals surface area contributed by atoms with E-state index in [1.54, 1.807) is 4.90 Å². The first kappa shape index (κ1) is 21.0. The molecule has 0 radical (unpaired) electrons. The largest absolute Gasteiger partial charge is 0.489 e. The van der Waals surface area contributed by atoms with E-state index in [2.05, 4.69) is 9.97 Å². The van der Waals surface area contributed by atoms with E-state index >= 15 is 0 Å². The summed E-state index contributed by atoms with van der Waals surface area (Å²) in [5.41, 5.74) is 1.00. The van der Waals surface area contributed by atoms with Crippen molar-refractivity contribution in [3.8, 4) is 5.75 Å². The van der Waals surface area contributed by atoms with Crippen molar-refractivity contribution >= 4 is 17.5 Å². The number of carbonyl (C=O) groups is 1. The van der Waals surface area contributed by atoms with Gasteiger partial charge in [0.25, 0.3) is 0 Å². The van der Waals surface area contributed by atoms with Crippen molar-refractivity contribution in [2.24, 2.45) is 0 Å². The Balaban J connectivity index is 1.62. The number of ketones is 1. The molecule has 2 atom stereocenters. The highest BCUT2D eigenvalue weighted by atomic mass is 19.1. The van der Waals surface area contributed by atoms with E-state index in [9.17, 15) is 9.18 Å². The summed E-state index contributed by atoms with van der Waals surface area (Å²) in [6.45, 7) is 5.20. The van der Waals surface area contributed by atoms with Crippen LogP contribution in [0.4, 0.5) is 16.2 Å². The summed E-state index contributed by atoms with van der Waals surface area (Å²) in [5, 5.41) is 0. The summed E-state index contributed by atoms with van der Waals surface area (Å²) in [6, 6.07) is 7.72. The van der Waals surface area contributed by atoms with E-state index < -0.39 is 5.82 Å². The molecule has 2 aromatic rings. The normalized spacial score (nSPS) is 17.3. The lowest BCUT2D eigenvalue weighted by molar-refractivity contribution is -0.120. The summed E-state index contributed by atoms with van der Waals surface area (Å²) < 4.78 is 20.3. The first-order valence-corrected chi connectivity index (χ1v) is 10.1. The van der Waals surface area contributed by atoms with Crippen molar-refractivity contribution in [1.29, 1.82) is 0 Å². The Kier molecular flexibility index (Phi) is 6.67. The Morgan fingerprint density at radius 1 is 1.34 bits per heavy atom. The standard InChI is InChI=1S/C22H29FN4O2/c1-5-6-20(28)15(2)16-7-9-17(10-8-16)29-18-11-12-27(14-18)21-19(23)13-24-22(25-21)26(3)4/h7-10,13,15,18H,5-6,11-12,14H2,1-4H3. The Morgan fingerprint density at radius 2 is 2.07 bits per heavy atom. The van der Waals surface area contributed by atoms with Crippen LogP contribution in [0.5, 0.6) is 5.75 Å². The van der Waals surface area contributed by atoms with Crippen molar-refractivity contribution in [3.05, 3.63) is 41.8 Å². The van der Waals surface area contributed by atoms with Crippen LogP contribution in [0.25, 0.3) is 0 Å². The Bertz CT molecular complexity index is 841. The number of Topliss-reactive ketones (excluding diaryl/α,β-unsaturated/α-hetero) is 1. The van der Waals surface area contributed by atoms with Crippen molar-refractivity contribution in [2.75, 3.05) is 37.0 Å². The number of halogens is 1. The molecule has 2 heterocycles. The van der Waals surface area contributed by atoms with Crippen molar-refractivity contribution in [2.45, 2.75) is 45.1 Å². The van der Waals surface area contributed by atoms with E-state index in [-0.39, 0.29) is 17.8 Å². The molecule has 0 amide bonds. The lowest BCUT2D eigenvalue weighted by atomic mass is 9.94. The minimum absolute atomic E-state index is 0.0443. The maximum Gasteiger partial charge on any atom is 0.226 e. The van der Waals surface area contributed by atoms with Gasteiger partial charge in [0.05, 0.1) is 12.7 Å². The predicted octanol–water partition coefficient (Wildman–Crippen LogP) is 3.81. The molecule has 0 bridgehead atoms. The zero-order valence-electron chi connectivity index (χ0n) is 17.6. The zero-order chi connectivity index (χ0) is 21.0. The van der Waals surface area contributed by atoms with E-state index in [0.29, 0.717) is 31.3 Å². The van der Waals surface area contributed by atoms with Crippen LogP contribution >= 0.6 is 0 Å². The Morgan fingerprint density at radius 3 is 2.72 bits per heavy atom. The summed E-state index contributed by atoms with van der Waals surface area (Å²) in [7, 11) is 3.65. The minimum Gasteiger partial charge on any atom is -0.489 e. The molecule has 29 heavy (non-hydrogen) atoms. The van der Waals surface area contributed by atoms with Crippen molar-refractivity contribution < 1.29 is 13.9 Å². The Hall–Kier alpha value is -2.70. The van der Waals surface area contributed by atoms with Gasteiger partial charge in [0, 0.05) is 39.4 Å². The van der Waals surface area contributed by atoms with E-state index in [1.807, 2.05) is 57.1 Å². The van der Waals surface area contributed by atoms with Crippen molar-refractivity contribution in [3.63, 3.8) is 0 Å². The lowest BCUT2D eigenvalue weighted by Gasteiger charge is -2.20. The van der Waals surface area contributed by atoms with Gasteiger partial charge in [-0.3, -0.25) is 4.79 Å². The summed E-state index contributed by atoms with van der Waals surface area (Å²) in [6.07, 6.45) is 3.43. The number of benzene rings is 1. The quantitative estimate of drug-likeness (QED) is 0.672. The molecular formula is C22H29FN4O2. The molecule has 1 fully saturated rings. The molecule has 1 aliphatic rings. The number of nitrogens with zero attached hydrogens (tertiary/aromatic N) is 4. The molecule has 3 rings (SSSR count). The van der Waals surface area contributed by atoms with Crippen LogP contribution < -0.4 is 14.5 Å². The van der Waals surface area contributed by atoms with Crippen LogP contribution in [0.1, 0.15) is 44.6 Å². The maximum absolute atomic E-state index is 14.2. The number of hydrogen-bond acceptors (Lipinski definition) is 6. The number of anilines is 2. The second-order valence-corrected chi connectivity index (χ2v) is 7.72. The fourth-order valence-corrected chi connectivity index (χ4v) is 3.48. The number of hydrogen-bond donors (Lipinski definition) is 0. The molecular weight excluding hydrogens is 371 g/mol. The van der Waals surface area contributed by atoms with Crippen LogP contribution in [-0.2, 0) is 4.79 Å².